The van der Waals surface area contributed by atoms with Crippen molar-refractivity contribution in [2.75, 3.05) is 7.05 Å². The smallest absolute Gasteiger partial charge is 0.255 e. The van der Waals surface area contributed by atoms with Crippen LogP contribution < -0.4 is 0 Å². The number of hydrogen-bond donors (Lipinski definition) is 2. The average molecular weight is 353 g/mol. The number of benzene rings is 3. The lowest BCUT2D eigenvalue weighted by atomic mass is 9.87. The van der Waals surface area contributed by atoms with Crippen LogP contribution in [0.2, 0.25) is 0 Å². The third-order valence-corrected chi connectivity index (χ3v) is 6.38. The quantitative estimate of drug-likeness (QED) is 0.391. The molecule has 27 heavy (non-hydrogen) atoms. The van der Waals surface area contributed by atoms with Crippen molar-refractivity contribution in [3.05, 3.63) is 59.7 Å². The molecule has 0 saturated carbocycles. The summed E-state index contributed by atoms with van der Waals surface area (Å²) in [7, 11) is 1.91. The molecule has 1 amide bonds. The number of rotatable bonds is 0. The summed E-state index contributed by atoms with van der Waals surface area (Å²) in [6.45, 7) is 4.28. The Morgan fingerprint density at radius 1 is 0.815 bits per heavy atom. The number of aromatic nitrogens is 2. The van der Waals surface area contributed by atoms with Gasteiger partial charge in [-0.2, -0.15) is 0 Å². The van der Waals surface area contributed by atoms with Crippen LogP contribution in [0.25, 0.3) is 43.6 Å². The van der Waals surface area contributed by atoms with E-state index in [1.165, 1.54) is 5.39 Å². The van der Waals surface area contributed by atoms with Crippen LogP contribution in [0.15, 0.2) is 48.5 Å². The molecule has 3 heterocycles. The number of fused-ring (bicyclic) bond motifs is 10. The first-order valence-corrected chi connectivity index (χ1v) is 9.25. The molecule has 2 aromatic heterocycles. The fourth-order valence-electron chi connectivity index (χ4n) is 4.84. The van der Waals surface area contributed by atoms with Gasteiger partial charge in [-0.1, -0.05) is 36.4 Å². The molecule has 3 aromatic carbocycles. The largest absolute Gasteiger partial charge is 0.353 e. The van der Waals surface area contributed by atoms with Gasteiger partial charge in [0.25, 0.3) is 5.91 Å². The fraction of sp³-hybridized carbons (Fsp3) is 0.174. The maximum atomic E-state index is 13.4. The number of amides is 1. The zero-order chi connectivity index (χ0) is 18.5. The highest BCUT2D eigenvalue weighted by molar-refractivity contribution is 6.30. The van der Waals surface area contributed by atoms with Crippen molar-refractivity contribution in [3.63, 3.8) is 0 Å². The van der Waals surface area contributed by atoms with Crippen LogP contribution in [-0.2, 0) is 5.54 Å². The Morgan fingerprint density at radius 2 is 1.33 bits per heavy atom. The van der Waals surface area contributed by atoms with Crippen molar-refractivity contribution in [3.8, 4) is 0 Å². The van der Waals surface area contributed by atoms with Crippen LogP contribution >= 0.6 is 0 Å². The molecular formula is C23H19N3O. The van der Waals surface area contributed by atoms with Gasteiger partial charge in [0, 0.05) is 45.2 Å². The van der Waals surface area contributed by atoms with E-state index in [-0.39, 0.29) is 11.4 Å². The summed E-state index contributed by atoms with van der Waals surface area (Å²) < 4.78 is 0. The third-order valence-electron chi connectivity index (χ3n) is 6.38. The normalized spacial score (nSPS) is 16.3. The lowest BCUT2D eigenvalue weighted by Crippen LogP contribution is -2.35. The molecule has 132 valence electrons. The topological polar surface area (TPSA) is 51.9 Å². The van der Waals surface area contributed by atoms with E-state index in [2.05, 4.69) is 54.1 Å². The summed E-state index contributed by atoms with van der Waals surface area (Å²) in [5.41, 5.74) is 5.84. The van der Waals surface area contributed by atoms with Crippen molar-refractivity contribution >= 4 is 49.5 Å². The highest BCUT2D eigenvalue weighted by Crippen LogP contribution is 2.49. The number of carbonyl (C=O) groups excluding carboxylic acids is 1. The van der Waals surface area contributed by atoms with Gasteiger partial charge in [0.2, 0.25) is 0 Å². The molecule has 4 heteroatoms. The summed E-state index contributed by atoms with van der Waals surface area (Å²) in [6.07, 6.45) is 0. The molecule has 0 atom stereocenters. The third kappa shape index (κ3) is 1.58. The highest BCUT2D eigenvalue weighted by atomic mass is 16.2. The number of para-hydroxylation sites is 2. The fourth-order valence-corrected chi connectivity index (χ4v) is 4.84. The first kappa shape index (κ1) is 14.9. The van der Waals surface area contributed by atoms with Crippen molar-refractivity contribution in [2.45, 2.75) is 19.4 Å². The summed E-state index contributed by atoms with van der Waals surface area (Å²) in [5, 5.41) is 4.45. The minimum atomic E-state index is -0.373. The van der Waals surface area contributed by atoms with Gasteiger partial charge in [-0.3, -0.25) is 4.79 Å². The standard InChI is InChI=1S/C23H19N3O/c1-23(2)19-17-13-9-5-7-11-15(13)25-21(17)20-16(18(19)22(27)26(23)3)12-8-4-6-10-14(12)24-20/h4-11,24-25H,1-3H3. The van der Waals surface area contributed by atoms with E-state index in [4.69, 9.17) is 0 Å². The Bertz CT molecular complexity index is 1430. The van der Waals surface area contributed by atoms with Gasteiger partial charge in [-0.05, 0) is 26.0 Å². The molecule has 1 aliphatic heterocycles. The van der Waals surface area contributed by atoms with Gasteiger partial charge in [0.15, 0.2) is 0 Å². The zero-order valence-electron chi connectivity index (χ0n) is 15.5. The zero-order valence-corrected chi connectivity index (χ0v) is 15.5. The van der Waals surface area contributed by atoms with Crippen molar-refractivity contribution in [1.82, 2.24) is 14.9 Å². The number of aromatic amines is 2. The molecule has 0 radical (unpaired) electrons. The van der Waals surface area contributed by atoms with Gasteiger partial charge in [0.1, 0.15) is 0 Å². The highest BCUT2D eigenvalue weighted by Gasteiger charge is 2.44. The Hall–Kier alpha value is -3.27. The second kappa shape index (κ2) is 4.52. The maximum absolute atomic E-state index is 13.4. The lowest BCUT2D eigenvalue weighted by molar-refractivity contribution is 0.0693. The number of nitrogens with one attached hydrogen (secondary N) is 2. The summed E-state index contributed by atoms with van der Waals surface area (Å²) >= 11 is 0. The Morgan fingerprint density at radius 3 is 1.96 bits per heavy atom. The number of hydrogen-bond acceptors (Lipinski definition) is 1. The molecule has 2 N–H and O–H groups in total. The molecule has 0 aliphatic carbocycles. The van der Waals surface area contributed by atoms with Crippen LogP contribution in [0.1, 0.15) is 29.8 Å². The number of nitrogens with zero attached hydrogens (tertiary/aromatic N) is 1. The predicted octanol–water partition coefficient (Wildman–Crippen LogP) is 5.28. The minimum absolute atomic E-state index is 0.0944. The van der Waals surface area contributed by atoms with E-state index in [1.54, 1.807) is 0 Å². The van der Waals surface area contributed by atoms with Crippen LogP contribution in [0.5, 0.6) is 0 Å². The van der Waals surface area contributed by atoms with Crippen LogP contribution in [-0.4, -0.2) is 27.8 Å². The molecule has 0 bridgehead atoms. The summed E-state index contributed by atoms with van der Waals surface area (Å²) in [6, 6.07) is 16.6. The van der Waals surface area contributed by atoms with E-state index < -0.39 is 0 Å². The molecular weight excluding hydrogens is 334 g/mol. The molecule has 0 fully saturated rings. The van der Waals surface area contributed by atoms with E-state index >= 15 is 0 Å². The molecule has 0 saturated heterocycles. The van der Waals surface area contributed by atoms with Gasteiger partial charge in [0.05, 0.1) is 22.1 Å². The van der Waals surface area contributed by atoms with E-state index in [1.807, 2.05) is 30.1 Å². The van der Waals surface area contributed by atoms with Crippen LogP contribution in [0.4, 0.5) is 0 Å². The van der Waals surface area contributed by atoms with E-state index in [9.17, 15) is 4.79 Å². The predicted molar refractivity (Wildman–Crippen MR) is 110 cm³/mol. The van der Waals surface area contributed by atoms with Gasteiger partial charge >= 0.3 is 0 Å². The Labute approximate surface area is 155 Å². The average Bonchev–Trinajstić information content (AvgIpc) is 3.28. The first-order chi connectivity index (χ1) is 13.0. The summed E-state index contributed by atoms with van der Waals surface area (Å²) in [5.74, 6) is 0.0944. The van der Waals surface area contributed by atoms with E-state index in [0.717, 1.165) is 49.4 Å². The molecule has 0 spiro atoms. The number of carbonyl (C=O) groups is 1. The van der Waals surface area contributed by atoms with Crippen molar-refractivity contribution < 1.29 is 4.79 Å². The minimum Gasteiger partial charge on any atom is -0.353 e. The second-order valence-electron chi connectivity index (χ2n) is 8.01. The molecule has 0 unspecified atom stereocenters. The monoisotopic (exact) mass is 353 g/mol. The number of H-pyrrole nitrogens is 2. The molecule has 1 aliphatic rings. The SMILES string of the molecule is CN1C(=O)c2c(c3c4ccccc4[nH]c3c3[nH]c4ccccc4c23)C1(C)C. The van der Waals surface area contributed by atoms with Gasteiger partial charge in [-0.15, -0.1) is 0 Å². The van der Waals surface area contributed by atoms with Crippen LogP contribution in [0.3, 0.4) is 0 Å². The van der Waals surface area contributed by atoms with E-state index in [0.29, 0.717) is 0 Å². The van der Waals surface area contributed by atoms with Crippen molar-refractivity contribution in [1.29, 1.82) is 0 Å². The first-order valence-electron chi connectivity index (χ1n) is 9.25. The Kier molecular flexibility index (Phi) is 2.49. The summed E-state index contributed by atoms with van der Waals surface area (Å²) in [4.78, 5) is 22.4. The maximum Gasteiger partial charge on any atom is 0.255 e. The molecule has 4 nitrogen and oxygen atoms in total. The second-order valence-corrected chi connectivity index (χ2v) is 8.01. The van der Waals surface area contributed by atoms with Gasteiger partial charge < -0.3 is 14.9 Å². The lowest BCUT2D eigenvalue weighted by Gasteiger charge is -2.29. The Balaban J connectivity index is 2.02. The van der Waals surface area contributed by atoms with Gasteiger partial charge in [-0.25, -0.2) is 0 Å². The molecule has 6 rings (SSSR count). The van der Waals surface area contributed by atoms with Crippen molar-refractivity contribution in [2.24, 2.45) is 0 Å². The van der Waals surface area contributed by atoms with Crippen LogP contribution in [0, 0.1) is 0 Å². The molecule has 5 aromatic rings.